The van der Waals surface area contributed by atoms with Gasteiger partial charge in [-0.25, -0.2) is 18.8 Å². The summed E-state index contributed by atoms with van der Waals surface area (Å²) >= 11 is 0.947. The van der Waals surface area contributed by atoms with Gasteiger partial charge in [-0.05, 0) is 13.8 Å². The lowest BCUT2D eigenvalue weighted by atomic mass is 9.98. The lowest BCUT2D eigenvalue weighted by Gasteiger charge is -2.43. The molecule has 3 rings (SSSR count). The largest absolute Gasteiger partial charge is 0.478 e. The van der Waals surface area contributed by atoms with Crippen molar-refractivity contribution in [1.82, 2.24) is 29.6 Å². The number of hydrogen-bond acceptors (Lipinski definition) is 13. The molecule has 0 spiro atoms. The number of aliphatic hydroxyl groups excluding tert-OH is 1. The van der Waals surface area contributed by atoms with Crippen molar-refractivity contribution in [2.45, 2.75) is 44.7 Å². The summed E-state index contributed by atoms with van der Waals surface area (Å²) in [6, 6.07) is -2.80. The highest BCUT2D eigenvalue weighted by Crippen LogP contribution is 2.25. The molecule has 0 unspecified atom stereocenters. The van der Waals surface area contributed by atoms with Crippen LogP contribution in [0.1, 0.15) is 25.2 Å². The molecule has 1 fully saturated rings. The number of nitrogens with two attached hydrogens (primary N) is 1. The second-order valence-corrected chi connectivity index (χ2v) is 9.82. The predicted octanol–water partition coefficient (Wildman–Crippen LogP) is -2.41. The van der Waals surface area contributed by atoms with Gasteiger partial charge in [0.05, 0.1) is 25.4 Å². The van der Waals surface area contributed by atoms with Crippen molar-refractivity contribution >= 4 is 50.3 Å². The molecule has 0 aromatic carbocycles. The SMILES string of the molecule is CC(C)(ON=C(C(=O)N[C@@H]1C(=O)N(S(=O)(=O)O)[C@H]1Cn1cc(CO)nn1)c1csc(N)n1)C(=O)O. The first kappa shape index (κ1) is 25.9. The van der Waals surface area contributed by atoms with Crippen molar-refractivity contribution in [3.05, 3.63) is 23.0 Å². The molecule has 1 saturated heterocycles. The molecule has 2 aromatic heterocycles. The molecule has 0 aliphatic carbocycles. The molecule has 2 amide bonds. The fraction of sp³-hybridized carbons (Fsp3) is 0.438. The van der Waals surface area contributed by atoms with E-state index in [-0.39, 0.29) is 27.4 Å². The van der Waals surface area contributed by atoms with Crippen molar-refractivity contribution in [2.75, 3.05) is 5.73 Å². The third-order valence-corrected chi connectivity index (χ3v) is 6.31. The Morgan fingerprint density at radius 3 is 2.60 bits per heavy atom. The standard InChI is InChI=1S/C16H20N8O9S2/c1-16(2,14(28)29)33-21-10(8-6-34-15(17)18-8)12(26)19-11-9(24(13(11)27)35(30,31)32)4-23-3-7(5-25)20-22-23/h3,6,9,11,25H,4-5H2,1-2H3,(H2,17,18)(H,19,26)(H,28,29)(H,30,31,32)/t9-,11-/m0/s1. The van der Waals surface area contributed by atoms with E-state index in [0.717, 1.165) is 16.0 Å². The molecule has 6 N–H and O–H groups in total. The molecule has 0 saturated carbocycles. The number of nitrogens with one attached hydrogen (secondary N) is 1. The summed E-state index contributed by atoms with van der Waals surface area (Å²) in [6.45, 7) is 1.58. The van der Waals surface area contributed by atoms with Gasteiger partial charge in [-0.2, -0.15) is 8.42 Å². The van der Waals surface area contributed by atoms with E-state index in [1.54, 1.807) is 0 Å². The molecule has 3 heterocycles. The van der Waals surface area contributed by atoms with E-state index in [1.807, 2.05) is 0 Å². The fourth-order valence-corrected chi connectivity index (χ4v) is 4.26. The number of carboxylic acid groups (broad SMARTS) is 1. The number of β-lactam (4-membered cyclic amide) rings is 1. The number of anilines is 1. The Labute approximate surface area is 201 Å². The van der Waals surface area contributed by atoms with E-state index in [4.69, 9.17) is 15.7 Å². The second-order valence-electron chi connectivity index (χ2n) is 7.64. The van der Waals surface area contributed by atoms with Crippen LogP contribution < -0.4 is 11.1 Å². The van der Waals surface area contributed by atoms with Crippen molar-refractivity contribution in [1.29, 1.82) is 0 Å². The minimum atomic E-state index is -4.99. The summed E-state index contributed by atoms with van der Waals surface area (Å²) in [5, 5.41) is 32.9. The van der Waals surface area contributed by atoms with Gasteiger partial charge in [0.1, 0.15) is 17.4 Å². The molecule has 1 aliphatic rings. The van der Waals surface area contributed by atoms with Gasteiger partial charge in [0.2, 0.25) is 5.60 Å². The number of nitrogens with zero attached hydrogens (tertiary/aromatic N) is 6. The lowest BCUT2D eigenvalue weighted by molar-refractivity contribution is -0.161. The Balaban J connectivity index is 1.89. The lowest BCUT2D eigenvalue weighted by Crippen LogP contribution is -2.73. The van der Waals surface area contributed by atoms with Crippen LogP contribution in [0.25, 0.3) is 0 Å². The van der Waals surface area contributed by atoms with Crippen molar-refractivity contribution in [2.24, 2.45) is 5.16 Å². The molecule has 17 nitrogen and oxygen atoms in total. The van der Waals surface area contributed by atoms with E-state index >= 15 is 0 Å². The van der Waals surface area contributed by atoms with Crippen LogP contribution in [0.5, 0.6) is 0 Å². The predicted molar refractivity (Wildman–Crippen MR) is 116 cm³/mol. The number of aromatic nitrogens is 4. The summed E-state index contributed by atoms with van der Waals surface area (Å²) in [7, 11) is -4.99. The minimum absolute atomic E-state index is 0.0546. The number of hydrogen-bond donors (Lipinski definition) is 5. The Hall–Kier alpha value is -3.68. The summed E-state index contributed by atoms with van der Waals surface area (Å²) in [5.74, 6) is -3.60. The zero-order valence-corrected chi connectivity index (χ0v) is 19.7. The van der Waals surface area contributed by atoms with Gasteiger partial charge < -0.3 is 26.1 Å². The van der Waals surface area contributed by atoms with Crippen molar-refractivity contribution < 1.29 is 42.4 Å². The summed E-state index contributed by atoms with van der Waals surface area (Å²) in [6.07, 6.45) is 1.27. The molecular formula is C16H20N8O9S2. The second kappa shape index (κ2) is 9.52. The molecular weight excluding hydrogens is 512 g/mol. The maximum Gasteiger partial charge on any atom is 0.362 e. The van der Waals surface area contributed by atoms with Gasteiger partial charge >= 0.3 is 16.3 Å². The van der Waals surface area contributed by atoms with Crippen LogP contribution in [0.15, 0.2) is 16.7 Å². The van der Waals surface area contributed by atoms with Crippen LogP contribution in [-0.4, -0.2) is 88.6 Å². The van der Waals surface area contributed by atoms with E-state index < -0.39 is 58.1 Å². The number of nitrogen functional groups attached to an aromatic ring is 1. The van der Waals surface area contributed by atoms with Crippen LogP contribution in [0.2, 0.25) is 0 Å². The number of carboxylic acids is 1. The van der Waals surface area contributed by atoms with Crippen molar-refractivity contribution in [3.63, 3.8) is 0 Å². The normalized spacial score (nSPS) is 18.8. The Morgan fingerprint density at radius 1 is 1.40 bits per heavy atom. The van der Waals surface area contributed by atoms with Crippen LogP contribution >= 0.6 is 11.3 Å². The van der Waals surface area contributed by atoms with Crippen molar-refractivity contribution in [3.8, 4) is 0 Å². The van der Waals surface area contributed by atoms with Gasteiger partial charge in [0.25, 0.3) is 11.8 Å². The number of carbonyl (C=O) groups is 3. The number of rotatable bonds is 10. The van der Waals surface area contributed by atoms with E-state index in [9.17, 15) is 32.5 Å². The number of aliphatic hydroxyl groups is 1. The first-order chi connectivity index (χ1) is 16.2. The molecule has 1 aliphatic heterocycles. The number of oxime groups is 1. The Bertz CT molecular complexity index is 1290. The molecule has 35 heavy (non-hydrogen) atoms. The van der Waals surface area contributed by atoms with E-state index in [1.165, 1.54) is 25.4 Å². The number of thiazole rings is 1. The fourth-order valence-electron chi connectivity index (χ4n) is 2.84. The van der Waals surface area contributed by atoms with Crippen LogP contribution in [-0.2, 0) is 42.7 Å². The van der Waals surface area contributed by atoms with Gasteiger partial charge in [-0.15, -0.1) is 16.4 Å². The molecule has 19 heteroatoms. The van der Waals surface area contributed by atoms with Gasteiger partial charge in [0.15, 0.2) is 10.8 Å². The zero-order chi connectivity index (χ0) is 26.1. The van der Waals surface area contributed by atoms with Crippen LogP contribution in [0, 0.1) is 0 Å². The monoisotopic (exact) mass is 532 g/mol. The highest BCUT2D eigenvalue weighted by Gasteiger charge is 2.54. The highest BCUT2D eigenvalue weighted by atomic mass is 32.2. The third kappa shape index (κ3) is 5.53. The van der Waals surface area contributed by atoms with Crippen LogP contribution in [0.3, 0.4) is 0 Å². The van der Waals surface area contributed by atoms with Gasteiger partial charge in [-0.3, -0.25) is 14.1 Å². The highest BCUT2D eigenvalue weighted by molar-refractivity contribution is 7.84. The molecule has 0 radical (unpaired) electrons. The molecule has 2 aromatic rings. The average Bonchev–Trinajstić information content (AvgIpc) is 3.39. The van der Waals surface area contributed by atoms with Gasteiger partial charge in [-0.1, -0.05) is 10.4 Å². The smallest absolute Gasteiger partial charge is 0.362 e. The zero-order valence-electron chi connectivity index (χ0n) is 18.1. The summed E-state index contributed by atoms with van der Waals surface area (Å²) in [4.78, 5) is 45.7. The first-order valence-electron chi connectivity index (χ1n) is 9.57. The quantitative estimate of drug-likeness (QED) is 0.0926. The number of carbonyl (C=O) groups excluding carboxylic acids is 2. The maximum absolute atomic E-state index is 13.0. The topological polar surface area (TPSA) is 253 Å². The average molecular weight is 533 g/mol. The molecule has 190 valence electrons. The number of aliphatic carboxylic acids is 1. The summed E-state index contributed by atoms with van der Waals surface area (Å²) in [5.41, 5.74) is 3.29. The van der Waals surface area contributed by atoms with Crippen LogP contribution in [0.4, 0.5) is 5.13 Å². The number of amides is 2. The van der Waals surface area contributed by atoms with E-state index in [2.05, 4.69) is 25.8 Å². The minimum Gasteiger partial charge on any atom is -0.478 e. The Morgan fingerprint density at radius 2 is 2.09 bits per heavy atom. The molecule has 2 atom stereocenters. The molecule has 0 bridgehead atoms. The van der Waals surface area contributed by atoms with Gasteiger partial charge in [0, 0.05) is 5.38 Å². The van der Waals surface area contributed by atoms with E-state index in [0.29, 0.717) is 0 Å². The summed E-state index contributed by atoms with van der Waals surface area (Å²) < 4.78 is 34.1. The Kier molecular flexibility index (Phi) is 7.06. The third-order valence-electron chi connectivity index (χ3n) is 4.69. The first-order valence-corrected chi connectivity index (χ1v) is 11.8. The maximum atomic E-state index is 13.0.